The highest BCUT2D eigenvalue weighted by atomic mass is 16.5. The molecule has 0 bridgehead atoms. The van der Waals surface area contributed by atoms with Gasteiger partial charge in [-0.05, 0) is 12.5 Å². The average Bonchev–Trinajstić information content (AvgIpc) is 2.38. The van der Waals surface area contributed by atoms with E-state index in [4.69, 9.17) is 4.74 Å². The SMILES string of the molecule is CCCCCCCC(O)c1ccccc1OC. The molecule has 1 aromatic rings. The molecule has 0 aliphatic rings. The monoisotopic (exact) mass is 236 g/mol. The standard InChI is InChI=1S/C15H24O2/c1-3-4-5-6-7-11-14(16)13-10-8-9-12-15(13)17-2/h8-10,12,14,16H,3-7,11H2,1-2H3. The van der Waals surface area contributed by atoms with Crippen LogP contribution in [0.15, 0.2) is 24.3 Å². The van der Waals surface area contributed by atoms with Gasteiger partial charge in [0.15, 0.2) is 0 Å². The number of benzene rings is 1. The Morgan fingerprint density at radius 3 is 2.53 bits per heavy atom. The lowest BCUT2D eigenvalue weighted by Gasteiger charge is -2.14. The number of para-hydroxylation sites is 1. The minimum absolute atomic E-state index is 0.396. The molecule has 0 radical (unpaired) electrons. The lowest BCUT2D eigenvalue weighted by Crippen LogP contribution is -2.00. The molecule has 0 aromatic heterocycles. The fourth-order valence-electron chi connectivity index (χ4n) is 2.04. The maximum Gasteiger partial charge on any atom is 0.124 e. The van der Waals surface area contributed by atoms with Gasteiger partial charge in [-0.25, -0.2) is 0 Å². The summed E-state index contributed by atoms with van der Waals surface area (Å²) in [5, 5.41) is 10.1. The molecule has 0 spiro atoms. The summed E-state index contributed by atoms with van der Waals surface area (Å²) in [5.41, 5.74) is 0.908. The van der Waals surface area contributed by atoms with Crippen LogP contribution in [0.4, 0.5) is 0 Å². The molecule has 0 amide bonds. The number of unbranched alkanes of at least 4 members (excludes halogenated alkanes) is 4. The van der Waals surface area contributed by atoms with E-state index in [0.717, 1.165) is 24.2 Å². The molecule has 17 heavy (non-hydrogen) atoms. The Morgan fingerprint density at radius 1 is 1.12 bits per heavy atom. The molecule has 1 N–H and O–H groups in total. The van der Waals surface area contributed by atoms with Gasteiger partial charge in [0.05, 0.1) is 13.2 Å². The largest absolute Gasteiger partial charge is 0.496 e. The van der Waals surface area contributed by atoms with Crippen LogP contribution in [0.2, 0.25) is 0 Å². The van der Waals surface area contributed by atoms with Gasteiger partial charge >= 0.3 is 0 Å². The maximum atomic E-state index is 10.1. The van der Waals surface area contributed by atoms with E-state index < -0.39 is 6.10 Å². The summed E-state index contributed by atoms with van der Waals surface area (Å²) < 4.78 is 5.25. The summed E-state index contributed by atoms with van der Waals surface area (Å²) in [6, 6.07) is 7.71. The minimum atomic E-state index is -0.396. The predicted molar refractivity (Wildman–Crippen MR) is 71.3 cm³/mol. The van der Waals surface area contributed by atoms with Gasteiger partial charge in [-0.2, -0.15) is 0 Å². The molecule has 1 rings (SSSR count). The van der Waals surface area contributed by atoms with Crippen molar-refractivity contribution in [3.05, 3.63) is 29.8 Å². The summed E-state index contributed by atoms with van der Waals surface area (Å²) in [6.45, 7) is 2.21. The van der Waals surface area contributed by atoms with Gasteiger partial charge in [-0.3, -0.25) is 0 Å². The van der Waals surface area contributed by atoms with Crippen LogP contribution in [0.25, 0.3) is 0 Å². The highest BCUT2D eigenvalue weighted by Crippen LogP contribution is 2.28. The first-order valence-corrected chi connectivity index (χ1v) is 6.60. The fraction of sp³-hybridized carbons (Fsp3) is 0.600. The van der Waals surface area contributed by atoms with E-state index in [1.807, 2.05) is 24.3 Å². The number of ether oxygens (including phenoxy) is 1. The fourth-order valence-corrected chi connectivity index (χ4v) is 2.04. The molecular formula is C15H24O2. The van der Waals surface area contributed by atoms with Gasteiger partial charge in [-0.15, -0.1) is 0 Å². The van der Waals surface area contributed by atoms with E-state index >= 15 is 0 Å². The van der Waals surface area contributed by atoms with Crippen LogP contribution < -0.4 is 4.74 Å². The van der Waals surface area contributed by atoms with Crippen molar-refractivity contribution < 1.29 is 9.84 Å². The Balaban J connectivity index is 2.38. The zero-order chi connectivity index (χ0) is 12.5. The molecule has 0 aliphatic carbocycles. The smallest absolute Gasteiger partial charge is 0.124 e. The lowest BCUT2D eigenvalue weighted by atomic mass is 10.0. The quantitative estimate of drug-likeness (QED) is 0.689. The normalized spacial score (nSPS) is 12.4. The number of methoxy groups -OCH3 is 1. The van der Waals surface area contributed by atoms with Crippen molar-refractivity contribution >= 4 is 0 Å². The van der Waals surface area contributed by atoms with Crippen LogP contribution in [0.5, 0.6) is 5.75 Å². The van der Waals surface area contributed by atoms with Crippen molar-refractivity contribution in [1.82, 2.24) is 0 Å². The van der Waals surface area contributed by atoms with Crippen molar-refractivity contribution in [2.24, 2.45) is 0 Å². The average molecular weight is 236 g/mol. The first-order chi connectivity index (χ1) is 8.29. The number of aliphatic hydroxyl groups excluding tert-OH is 1. The second-order valence-corrected chi connectivity index (χ2v) is 4.46. The minimum Gasteiger partial charge on any atom is -0.496 e. The molecule has 0 heterocycles. The second kappa shape index (κ2) is 8.13. The van der Waals surface area contributed by atoms with E-state index in [2.05, 4.69) is 6.92 Å². The molecule has 2 nitrogen and oxygen atoms in total. The summed E-state index contributed by atoms with van der Waals surface area (Å²) in [5.74, 6) is 0.786. The summed E-state index contributed by atoms with van der Waals surface area (Å²) >= 11 is 0. The molecule has 0 aliphatic heterocycles. The van der Waals surface area contributed by atoms with Gasteiger partial charge in [0.1, 0.15) is 5.75 Å². The van der Waals surface area contributed by atoms with Crippen LogP contribution in [-0.2, 0) is 0 Å². The number of aliphatic hydroxyl groups is 1. The molecular weight excluding hydrogens is 212 g/mol. The van der Waals surface area contributed by atoms with Gasteiger partial charge in [0.25, 0.3) is 0 Å². The van der Waals surface area contributed by atoms with Crippen molar-refractivity contribution in [1.29, 1.82) is 0 Å². The number of hydrogen-bond donors (Lipinski definition) is 1. The van der Waals surface area contributed by atoms with Crippen LogP contribution in [0, 0.1) is 0 Å². The molecule has 2 heteroatoms. The van der Waals surface area contributed by atoms with Crippen LogP contribution in [0.1, 0.15) is 57.1 Å². The number of rotatable bonds is 8. The highest BCUT2D eigenvalue weighted by molar-refractivity contribution is 5.34. The van der Waals surface area contributed by atoms with Crippen LogP contribution in [-0.4, -0.2) is 12.2 Å². The molecule has 1 unspecified atom stereocenters. The second-order valence-electron chi connectivity index (χ2n) is 4.46. The first kappa shape index (κ1) is 14.0. The number of hydrogen-bond acceptors (Lipinski definition) is 2. The topological polar surface area (TPSA) is 29.5 Å². The van der Waals surface area contributed by atoms with E-state index in [1.54, 1.807) is 7.11 Å². The third-order valence-corrected chi connectivity index (χ3v) is 3.08. The van der Waals surface area contributed by atoms with Gasteiger partial charge in [0.2, 0.25) is 0 Å². The van der Waals surface area contributed by atoms with Crippen molar-refractivity contribution in [2.45, 2.75) is 51.6 Å². The van der Waals surface area contributed by atoms with Gasteiger partial charge < -0.3 is 9.84 Å². The van der Waals surface area contributed by atoms with Gasteiger partial charge in [-0.1, -0.05) is 57.2 Å². The molecule has 0 fully saturated rings. The molecule has 1 atom stereocenters. The van der Waals surface area contributed by atoms with Gasteiger partial charge in [0, 0.05) is 5.56 Å². The third-order valence-electron chi connectivity index (χ3n) is 3.08. The molecule has 96 valence electrons. The van der Waals surface area contributed by atoms with E-state index in [-0.39, 0.29) is 0 Å². The third kappa shape index (κ3) is 4.78. The van der Waals surface area contributed by atoms with Crippen molar-refractivity contribution in [3.63, 3.8) is 0 Å². The zero-order valence-corrected chi connectivity index (χ0v) is 11.0. The maximum absolute atomic E-state index is 10.1. The highest BCUT2D eigenvalue weighted by Gasteiger charge is 2.11. The zero-order valence-electron chi connectivity index (χ0n) is 11.0. The summed E-state index contributed by atoms with van der Waals surface area (Å²) in [4.78, 5) is 0. The van der Waals surface area contributed by atoms with E-state index in [9.17, 15) is 5.11 Å². The Labute approximate surface area is 105 Å². The lowest BCUT2D eigenvalue weighted by molar-refractivity contribution is 0.159. The Hall–Kier alpha value is -1.02. The van der Waals surface area contributed by atoms with E-state index in [0.29, 0.717) is 0 Å². The first-order valence-electron chi connectivity index (χ1n) is 6.60. The van der Waals surface area contributed by atoms with Crippen molar-refractivity contribution in [2.75, 3.05) is 7.11 Å². The van der Waals surface area contributed by atoms with Crippen LogP contribution in [0.3, 0.4) is 0 Å². The Bertz CT molecular complexity index is 310. The van der Waals surface area contributed by atoms with Crippen molar-refractivity contribution in [3.8, 4) is 5.75 Å². The predicted octanol–water partition coefficient (Wildman–Crippen LogP) is 4.09. The van der Waals surface area contributed by atoms with Crippen LogP contribution >= 0.6 is 0 Å². The Kier molecular flexibility index (Phi) is 6.71. The molecule has 1 aromatic carbocycles. The summed E-state index contributed by atoms with van der Waals surface area (Å²) in [6.07, 6.45) is 6.55. The molecule has 0 saturated heterocycles. The van der Waals surface area contributed by atoms with E-state index in [1.165, 1.54) is 25.7 Å². The summed E-state index contributed by atoms with van der Waals surface area (Å²) in [7, 11) is 1.65. The Morgan fingerprint density at radius 2 is 1.82 bits per heavy atom. The molecule has 0 saturated carbocycles.